The molecule has 1 aliphatic rings. The number of amides is 2. The summed E-state index contributed by atoms with van der Waals surface area (Å²) in [6.07, 6.45) is 3.09. The third-order valence-electron chi connectivity index (χ3n) is 4.90. The van der Waals surface area contributed by atoms with Crippen LogP contribution in [0, 0.1) is 5.82 Å². The molecule has 0 radical (unpaired) electrons. The van der Waals surface area contributed by atoms with Gasteiger partial charge in [0.15, 0.2) is 0 Å². The van der Waals surface area contributed by atoms with E-state index in [-0.39, 0.29) is 17.8 Å². The van der Waals surface area contributed by atoms with Crippen LogP contribution < -0.4 is 10.1 Å². The van der Waals surface area contributed by atoms with E-state index in [1.807, 2.05) is 41.3 Å². The molecule has 1 heterocycles. The molecule has 3 rings (SSSR count). The van der Waals surface area contributed by atoms with E-state index in [4.69, 9.17) is 4.74 Å². The Morgan fingerprint density at radius 3 is 2.58 bits per heavy atom. The third-order valence-corrected chi connectivity index (χ3v) is 4.90. The number of ether oxygens (including phenoxy) is 1. The van der Waals surface area contributed by atoms with Crippen LogP contribution in [0.4, 0.5) is 9.18 Å². The molecule has 5 heteroatoms. The van der Waals surface area contributed by atoms with Crippen LogP contribution >= 0.6 is 0 Å². The van der Waals surface area contributed by atoms with Gasteiger partial charge < -0.3 is 15.0 Å². The number of halogens is 1. The van der Waals surface area contributed by atoms with E-state index in [2.05, 4.69) is 5.32 Å². The van der Waals surface area contributed by atoms with Crippen LogP contribution in [0.3, 0.4) is 0 Å². The van der Waals surface area contributed by atoms with Crippen molar-refractivity contribution < 1.29 is 13.9 Å². The first kappa shape index (κ1) is 18.2. The van der Waals surface area contributed by atoms with E-state index in [0.29, 0.717) is 13.1 Å². The van der Waals surface area contributed by atoms with Crippen molar-refractivity contribution in [3.63, 3.8) is 0 Å². The van der Waals surface area contributed by atoms with E-state index < -0.39 is 0 Å². The lowest BCUT2D eigenvalue weighted by atomic mass is 9.94. The SMILES string of the molecule is COc1ccc(CNC(=O)N2CCCCC(c3ccc(F)cc3)C2)cc1. The fourth-order valence-corrected chi connectivity index (χ4v) is 3.37. The number of methoxy groups -OCH3 is 1. The number of rotatable bonds is 4. The van der Waals surface area contributed by atoms with E-state index >= 15 is 0 Å². The third kappa shape index (κ3) is 4.75. The Hall–Kier alpha value is -2.56. The molecule has 0 spiro atoms. The lowest BCUT2D eigenvalue weighted by Gasteiger charge is -2.25. The van der Waals surface area contributed by atoms with E-state index in [0.717, 1.165) is 42.7 Å². The smallest absolute Gasteiger partial charge is 0.317 e. The van der Waals surface area contributed by atoms with Gasteiger partial charge in [0.1, 0.15) is 11.6 Å². The second kappa shape index (κ2) is 8.70. The maximum absolute atomic E-state index is 13.2. The Labute approximate surface area is 154 Å². The Morgan fingerprint density at radius 2 is 1.88 bits per heavy atom. The fourth-order valence-electron chi connectivity index (χ4n) is 3.37. The summed E-state index contributed by atoms with van der Waals surface area (Å²) in [6, 6.07) is 14.3. The maximum atomic E-state index is 13.2. The van der Waals surface area contributed by atoms with Crippen molar-refractivity contribution in [1.82, 2.24) is 10.2 Å². The predicted octanol–water partition coefficient (Wildman–Crippen LogP) is 4.31. The van der Waals surface area contributed by atoms with Gasteiger partial charge in [0.25, 0.3) is 0 Å². The quantitative estimate of drug-likeness (QED) is 0.887. The summed E-state index contributed by atoms with van der Waals surface area (Å²) < 4.78 is 18.3. The molecule has 4 nitrogen and oxygen atoms in total. The molecule has 2 aromatic rings. The fraction of sp³-hybridized carbons (Fsp3) is 0.381. The van der Waals surface area contributed by atoms with Crippen LogP contribution in [0.15, 0.2) is 48.5 Å². The zero-order valence-electron chi connectivity index (χ0n) is 15.1. The van der Waals surface area contributed by atoms with E-state index in [1.54, 1.807) is 7.11 Å². The van der Waals surface area contributed by atoms with Gasteiger partial charge in [-0.25, -0.2) is 9.18 Å². The normalized spacial score (nSPS) is 17.5. The summed E-state index contributed by atoms with van der Waals surface area (Å²) in [4.78, 5) is 14.5. The molecule has 1 atom stereocenters. The number of hydrogen-bond acceptors (Lipinski definition) is 2. The molecule has 1 unspecified atom stereocenters. The Morgan fingerprint density at radius 1 is 1.15 bits per heavy atom. The van der Waals surface area contributed by atoms with Gasteiger partial charge in [-0.05, 0) is 48.2 Å². The first-order valence-corrected chi connectivity index (χ1v) is 9.07. The van der Waals surface area contributed by atoms with E-state index in [9.17, 15) is 9.18 Å². The molecule has 0 saturated carbocycles. The van der Waals surface area contributed by atoms with Gasteiger partial charge in [0.2, 0.25) is 0 Å². The number of likely N-dealkylation sites (tertiary alicyclic amines) is 1. The number of carbonyl (C=O) groups excluding carboxylic acids is 1. The molecule has 1 fully saturated rings. The van der Waals surface area contributed by atoms with Gasteiger partial charge in [0.05, 0.1) is 7.11 Å². The number of carbonyl (C=O) groups is 1. The number of hydrogen-bond donors (Lipinski definition) is 1. The number of urea groups is 1. The molecule has 2 aromatic carbocycles. The highest BCUT2D eigenvalue weighted by molar-refractivity contribution is 5.74. The second-order valence-electron chi connectivity index (χ2n) is 6.70. The highest BCUT2D eigenvalue weighted by Gasteiger charge is 2.23. The van der Waals surface area contributed by atoms with Gasteiger partial charge in [-0.15, -0.1) is 0 Å². The lowest BCUT2D eigenvalue weighted by Crippen LogP contribution is -2.41. The number of nitrogens with one attached hydrogen (secondary N) is 1. The first-order chi connectivity index (χ1) is 12.7. The molecule has 1 N–H and O–H groups in total. The average molecular weight is 356 g/mol. The monoisotopic (exact) mass is 356 g/mol. The zero-order valence-corrected chi connectivity index (χ0v) is 15.1. The average Bonchev–Trinajstić information content (AvgIpc) is 2.93. The van der Waals surface area contributed by atoms with Crippen molar-refractivity contribution in [2.45, 2.75) is 31.7 Å². The van der Waals surface area contributed by atoms with Crippen LogP contribution in [0.25, 0.3) is 0 Å². The Bertz CT molecular complexity index is 716. The van der Waals surface area contributed by atoms with Crippen LogP contribution in [-0.2, 0) is 6.54 Å². The van der Waals surface area contributed by atoms with Crippen LogP contribution in [0.5, 0.6) is 5.75 Å². The zero-order chi connectivity index (χ0) is 18.4. The Balaban J connectivity index is 1.59. The molecule has 0 aliphatic carbocycles. The highest BCUT2D eigenvalue weighted by atomic mass is 19.1. The van der Waals surface area contributed by atoms with Crippen LogP contribution in [0.1, 0.15) is 36.3 Å². The number of benzene rings is 2. The van der Waals surface area contributed by atoms with Gasteiger partial charge in [-0.2, -0.15) is 0 Å². The minimum atomic E-state index is -0.225. The van der Waals surface area contributed by atoms with Crippen molar-refractivity contribution in [1.29, 1.82) is 0 Å². The molecule has 0 aromatic heterocycles. The minimum absolute atomic E-state index is 0.0465. The van der Waals surface area contributed by atoms with Gasteiger partial charge in [-0.3, -0.25) is 0 Å². The summed E-state index contributed by atoms with van der Waals surface area (Å²) in [5.41, 5.74) is 2.13. The topological polar surface area (TPSA) is 41.6 Å². The molecular weight excluding hydrogens is 331 g/mol. The van der Waals surface area contributed by atoms with Crippen molar-refractivity contribution >= 4 is 6.03 Å². The maximum Gasteiger partial charge on any atom is 0.317 e. The summed E-state index contributed by atoms with van der Waals surface area (Å²) in [5, 5.41) is 3.00. The largest absolute Gasteiger partial charge is 0.497 e. The van der Waals surface area contributed by atoms with Gasteiger partial charge in [-0.1, -0.05) is 30.7 Å². The summed E-state index contributed by atoms with van der Waals surface area (Å²) in [6.45, 7) is 1.91. The van der Waals surface area contributed by atoms with Crippen molar-refractivity contribution in [2.24, 2.45) is 0 Å². The van der Waals surface area contributed by atoms with Crippen molar-refractivity contribution in [2.75, 3.05) is 20.2 Å². The standard InChI is InChI=1S/C21H25FN2O2/c1-26-20-11-5-16(6-12-20)14-23-21(25)24-13-3-2-4-18(15-24)17-7-9-19(22)10-8-17/h5-12,18H,2-4,13-15H2,1H3,(H,23,25). The molecular formula is C21H25FN2O2. The summed E-state index contributed by atoms with van der Waals surface area (Å²) in [7, 11) is 1.63. The second-order valence-corrected chi connectivity index (χ2v) is 6.70. The first-order valence-electron chi connectivity index (χ1n) is 9.07. The predicted molar refractivity (Wildman–Crippen MR) is 99.8 cm³/mol. The molecule has 0 bridgehead atoms. The minimum Gasteiger partial charge on any atom is -0.497 e. The van der Waals surface area contributed by atoms with Crippen LogP contribution in [-0.4, -0.2) is 31.1 Å². The van der Waals surface area contributed by atoms with E-state index in [1.165, 1.54) is 12.1 Å². The van der Waals surface area contributed by atoms with Crippen molar-refractivity contribution in [3.05, 3.63) is 65.5 Å². The Kier molecular flexibility index (Phi) is 6.10. The molecule has 2 amide bonds. The molecule has 1 aliphatic heterocycles. The van der Waals surface area contributed by atoms with Gasteiger partial charge in [0, 0.05) is 25.6 Å². The lowest BCUT2D eigenvalue weighted by molar-refractivity contribution is 0.197. The molecule has 138 valence electrons. The number of nitrogens with zero attached hydrogens (tertiary/aromatic N) is 1. The van der Waals surface area contributed by atoms with Crippen molar-refractivity contribution in [3.8, 4) is 5.75 Å². The molecule has 26 heavy (non-hydrogen) atoms. The van der Waals surface area contributed by atoms with Gasteiger partial charge >= 0.3 is 6.03 Å². The summed E-state index contributed by atoms with van der Waals surface area (Å²) >= 11 is 0. The van der Waals surface area contributed by atoms with Crippen LogP contribution in [0.2, 0.25) is 0 Å². The summed E-state index contributed by atoms with van der Waals surface area (Å²) in [5.74, 6) is 0.830. The molecule has 1 saturated heterocycles. The highest BCUT2D eigenvalue weighted by Crippen LogP contribution is 2.26.